The monoisotopic (exact) mass is 425 g/mol. The number of carbonyl (C=O) groups is 1. The molecule has 1 atom stereocenters. The van der Waals surface area contributed by atoms with E-state index in [9.17, 15) is 9.59 Å². The number of rotatable bonds is 8. The summed E-state index contributed by atoms with van der Waals surface area (Å²) in [5.74, 6) is 0.535. The first kappa shape index (κ1) is 22.6. The Morgan fingerprint density at radius 1 is 1.42 bits per heavy atom. The molecular formula is C23H31N5O3. The highest BCUT2D eigenvalue weighted by atomic mass is 16.5. The summed E-state index contributed by atoms with van der Waals surface area (Å²) in [7, 11) is 3.42. The Kier molecular flexibility index (Phi) is 7.83. The van der Waals surface area contributed by atoms with E-state index in [1.807, 2.05) is 43.1 Å². The maximum Gasteiger partial charge on any atom is 0.271 e. The third-order valence-electron chi connectivity index (χ3n) is 5.54. The Bertz CT molecular complexity index is 972. The minimum Gasteiger partial charge on any atom is -0.481 e. The van der Waals surface area contributed by atoms with E-state index in [0.29, 0.717) is 31.2 Å². The first-order valence-electron chi connectivity index (χ1n) is 10.7. The molecule has 0 saturated carbocycles. The molecule has 1 amide bonds. The van der Waals surface area contributed by atoms with E-state index in [4.69, 9.17) is 4.74 Å². The number of likely N-dealkylation sites (N-methyl/N-ethyl adjacent to an activating group) is 2. The van der Waals surface area contributed by atoms with E-state index in [1.54, 1.807) is 25.6 Å². The van der Waals surface area contributed by atoms with E-state index in [0.717, 1.165) is 30.5 Å². The van der Waals surface area contributed by atoms with Crippen molar-refractivity contribution in [1.29, 1.82) is 0 Å². The molecule has 1 fully saturated rings. The number of aromatic nitrogens is 2. The van der Waals surface area contributed by atoms with Crippen LogP contribution in [0, 0.1) is 0 Å². The highest BCUT2D eigenvalue weighted by Crippen LogP contribution is 2.26. The van der Waals surface area contributed by atoms with Gasteiger partial charge in [-0.3, -0.25) is 9.59 Å². The molecule has 1 saturated heterocycles. The Morgan fingerprint density at radius 3 is 3.00 bits per heavy atom. The summed E-state index contributed by atoms with van der Waals surface area (Å²) in [5.41, 5.74) is 2.27. The smallest absolute Gasteiger partial charge is 0.271 e. The molecule has 0 aromatic carbocycles. The second kappa shape index (κ2) is 10.8. The van der Waals surface area contributed by atoms with Crippen molar-refractivity contribution in [2.24, 2.45) is 0 Å². The molecule has 1 aliphatic heterocycles. The molecule has 8 nitrogen and oxygen atoms in total. The van der Waals surface area contributed by atoms with Gasteiger partial charge in [0.1, 0.15) is 5.69 Å². The van der Waals surface area contributed by atoms with Gasteiger partial charge < -0.3 is 24.8 Å². The number of methoxy groups -OCH3 is 1. The number of anilines is 1. The van der Waals surface area contributed by atoms with Gasteiger partial charge in [-0.1, -0.05) is 6.08 Å². The zero-order valence-electron chi connectivity index (χ0n) is 18.4. The molecule has 8 heteroatoms. The fourth-order valence-corrected chi connectivity index (χ4v) is 3.97. The minimum atomic E-state index is -0.135. The molecular weight excluding hydrogens is 394 g/mol. The number of piperidine rings is 1. The minimum absolute atomic E-state index is 0.0162. The number of hydrogen-bond acceptors (Lipinski definition) is 6. The maximum atomic E-state index is 12.7. The van der Waals surface area contributed by atoms with Crippen molar-refractivity contribution in [2.75, 3.05) is 45.2 Å². The van der Waals surface area contributed by atoms with E-state index in [2.05, 4.69) is 20.2 Å². The number of H-pyrrole nitrogens is 1. The first-order chi connectivity index (χ1) is 15.1. The summed E-state index contributed by atoms with van der Waals surface area (Å²) in [5, 5.41) is 3.00. The van der Waals surface area contributed by atoms with Crippen molar-refractivity contribution >= 4 is 11.6 Å². The first-order valence-corrected chi connectivity index (χ1v) is 10.7. The van der Waals surface area contributed by atoms with Crippen molar-refractivity contribution in [2.45, 2.75) is 25.8 Å². The molecule has 166 valence electrons. The van der Waals surface area contributed by atoms with Gasteiger partial charge in [-0.25, -0.2) is 4.98 Å². The molecule has 31 heavy (non-hydrogen) atoms. The topological polar surface area (TPSA) is 90.6 Å². The van der Waals surface area contributed by atoms with Crippen LogP contribution in [0.2, 0.25) is 0 Å². The van der Waals surface area contributed by atoms with Crippen LogP contribution in [-0.4, -0.2) is 67.2 Å². The molecule has 0 spiro atoms. The Morgan fingerprint density at radius 2 is 2.26 bits per heavy atom. The van der Waals surface area contributed by atoms with Gasteiger partial charge in [0.2, 0.25) is 11.8 Å². The number of likely N-dealkylation sites (tertiary alicyclic amines) is 1. The molecule has 2 aromatic rings. The maximum absolute atomic E-state index is 12.7. The number of carbonyl (C=O) groups excluding carboxylic acids is 1. The third kappa shape index (κ3) is 5.52. The summed E-state index contributed by atoms with van der Waals surface area (Å²) in [4.78, 5) is 36.3. The average molecular weight is 426 g/mol. The predicted molar refractivity (Wildman–Crippen MR) is 123 cm³/mol. The quantitative estimate of drug-likeness (QED) is 0.629. The van der Waals surface area contributed by atoms with Gasteiger partial charge in [-0.2, -0.15) is 0 Å². The van der Waals surface area contributed by atoms with Crippen LogP contribution in [0.3, 0.4) is 0 Å². The molecule has 2 N–H and O–H groups in total. The van der Waals surface area contributed by atoms with Gasteiger partial charge in [0.15, 0.2) is 0 Å². The van der Waals surface area contributed by atoms with Gasteiger partial charge in [0, 0.05) is 62.3 Å². The van der Waals surface area contributed by atoms with Gasteiger partial charge in [0.25, 0.3) is 5.56 Å². The Labute approximate surface area is 182 Å². The second-order valence-electron chi connectivity index (χ2n) is 7.52. The summed E-state index contributed by atoms with van der Waals surface area (Å²) in [6.07, 6.45) is 8.69. The number of nitrogens with one attached hydrogen (secondary N) is 2. The Hall–Kier alpha value is -3.13. The van der Waals surface area contributed by atoms with E-state index in [1.165, 1.54) is 0 Å². The second-order valence-corrected chi connectivity index (χ2v) is 7.52. The van der Waals surface area contributed by atoms with Crippen molar-refractivity contribution in [3.8, 4) is 17.0 Å². The lowest BCUT2D eigenvalue weighted by molar-refractivity contribution is -0.127. The fraction of sp³-hybridized carbons (Fsp3) is 0.435. The lowest BCUT2D eigenvalue weighted by Gasteiger charge is -2.39. The number of ether oxygens (including phenoxy) is 1. The van der Waals surface area contributed by atoms with Crippen LogP contribution in [0.15, 0.2) is 47.5 Å². The summed E-state index contributed by atoms with van der Waals surface area (Å²) >= 11 is 0. The van der Waals surface area contributed by atoms with Crippen LogP contribution in [0.25, 0.3) is 11.1 Å². The number of pyridine rings is 2. The van der Waals surface area contributed by atoms with Crippen LogP contribution in [0.5, 0.6) is 5.88 Å². The van der Waals surface area contributed by atoms with Crippen LogP contribution in [0.1, 0.15) is 19.8 Å². The standard InChI is InChI=1S/C23H31N5O3/c1-4-28(19-7-6-12-27(16-19)22(29)8-5-10-24-2)20-13-18(15-26-23(20)30)17-9-11-25-21(14-17)31-3/h5,8-9,11,13-15,19,24H,4,6-7,10,12,16H2,1-3H3,(H,26,30)/b8-5+/t19-/m1/s1. The zero-order valence-corrected chi connectivity index (χ0v) is 18.4. The number of aromatic amines is 1. The molecule has 0 bridgehead atoms. The summed E-state index contributed by atoms with van der Waals surface area (Å²) in [6, 6.07) is 5.72. The molecule has 1 aliphatic rings. The van der Waals surface area contributed by atoms with Gasteiger partial charge in [0.05, 0.1) is 7.11 Å². The average Bonchev–Trinajstić information content (AvgIpc) is 2.81. The lowest BCUT2D eigenvalue weighted by atomic mass is 10.0. The normalized spacial score (nSPS) is 16.5. The number of amides is 1. The lowest BCUT2D eigenvalue weighted by Crippen LogP contribution is -2.50. The van der Waals surface area contributed by atoms with Crippen molar-refractivity contribution in [3.05, 3.63) is 53.1 Å². The molecule has 2 aromatic heterocycles. The van der Waals surface area contributed by atoms with E-state index < -0.39 is 0 Å². The van der Waals surface area contributed by atoms with E-state index >= 15 is 0 Å². The molecule has 0 unspecified atom stereocenters. The van der Waals surface area contributed by atoms with Crippen LogP contribution in [-0.2, 0) is 4.79 Å². The summed E-state index contributed by atoms with van der Waals surface area (Å²) < 4.78 is 5.22. The molecule has 3 rings (SSSR count). The third-order valence-corrected chi connectivity index (χ3v) is 5.54. The van der Waals surface area contributed by atoms with Gasteiger partial charge >= 0.3 is 0 Å². The predicted octanol–water partition coefficient (Wildman–Crippen LogP) is 2.04. The molecule has 0 aliphatic carbocycles. The van der Waals surface area contributed by atoms with Gasteiger partial charge in [-0.05, 0) is 44.5 Å². The van der Waals surface area contributed by atoms with Crippen molar-refractivity contribution < 1.29 is 9.53 Å². The van der Waals surface area contributed by atoms with Crippen LogP contribution >= 0.6 is 0 Å². The van der Waals surface area contributed by atoms with Crippen LogP contribution in [0.4, 0.5) is 5.69 Å². The largest absolute Gasteiger partial charge is 0.481 e. The van der Waals surface area contributed by atoms with Crippen LogP contribution < -0.4 is 20.5 Å². The SMILES string of the molecule is CCN(c1cc(-c2ccnc(OC)c2)c[nH]c1=O)[C@@H]1CCCN(C(=O)/C=C/CNC)C1. The van der Waals surface area contributed by atoms with Crippen molar-refractivity contribution in [3.63, 3.8) is 0 Å². The highest BCUT2D eigenvalue weighted by Gasteiger charge is 2.28. The van der Waals surface area contributed by atoms with Crippen molar-refractivity contribution in [1.82, 2.24) is 20.2 Å². The molecule has 0 radical (unpaired) electrons. The Balaban J connectivity index is 1.84. The van der Waals surface area contributed by atoms with Gasteiger partial charge in [-0.15, -0.1) is 0 Å². The number of hydrogen-bond donors (Lipinski definition) is 2. The number of nitrogens with zero attached hydrogens (tertiary/aromatic N) is 3. The zero-order chi connectivity index (χ0) is 22.2. The summed E-state index contributed by atoms with van der Waals surface area (Å²) in [6.45, 7) is 4.71. The fourth-order valence-electron chi connectivity index (χ4n) is 3.97. The molecule has 3 heterocycles. The van der Waals surface area contributed by atoms with E-state index in [-0.39, 0.29) is 17.5 Å². The highest BCUT2D eigenvalue weighted by molar-refractivity contribution is 5.87.